The Morgan fingerprint density at radius 2 is 2.06 bits per heavy atom. The van der Waals surface area contributed by atoms with E-state index in [0.29, 0.717) is 18.0 Å². The lowest BCUT2D eigenvalue weighted by Crippen LogP contribution is -2.28. The molecule has 100 valence electrons. The highest BCUT2D eigenvalue weighted by Gasteiger charge is 2.14. The monoisotopic (exact) mass is 252 g/mol. The van der Waals surface area contributed by atoms with Gasteiger partial charge in [0, 0.05) is 25.2 Å². The van der Waals surface area contributed by atoms with Gasteiger partial charge in [-0.1, -0.05) is 26.0 Å². The standard InChI is InChI=1S/C13H20N2O3/c1-10(2)8-14(3)9-13(16)11-5-4-6-12(7-11)15(17)18/h4-7,10,13,16H,8-9H2,1-3H3. The van der Waals surface area contributed by atoms with E-state index in [0.717, 1.165) is 6.54 Å². The Hall–Kier alpha value is -1.46. The molecule has 0 saturated carbocycles. The second-order valence-corrected chi connectivity index (χ2v) is 4.98. The molecule has 1 N–H and O–H groups in total. The molecular formula is C13H20N2O3. The van der Waals surface area contributed by atoms with Crippen LogP contribution in [0.4, 0.5) is 5.69 Å². The summed E-state index contributed by atoms with van der Waals surface area (Å²) in [4.78, 5) is 12.2. The van der Waals surface area contributed by atoms with E-state index in [1.165, 1.54) is 12.1 Å². The molecule has 18 heavy (non-hydrogen) atoms. The minimum atomic E-state index is -0.700. The van der Waals surface area contributed by atoms with Crippen LogP contribution in [-0.4, -0.2) is 35.1 Å². The summed E-state index contributed by atoms with van der Waals surface area (Å²) in [6.07, 6.45) is -0.700. The van der Waals surface area contributed by atoms with E-state index in [1.54, 1.807) is 12.1 Å². The van der Waals surface area contributed by atoms with Crippen molar-refractivity contribution in [2.45, 2.75) is 20.0 Å². The van der Waals surface area contributed by atoms with Crippen LogP contribution in [0, 0.1) is 16.0 Å². The number of benzene rings is 1. The molecule has 5 nitrogen and oxygen atoms in total. The molecular weight excluding hydrogens is 232 g/mol. The number of nitro groups is 1. The maximum atomic E-state index is 10.7. The van der Waals surface area contributed by atoms with Crippen LogP contribution >= 0.6 is 0 Å². The molecule has 1 aromatic rings. The van der Waals surface area contributed by atoms with Gasteiger partial charge >= 0.3 is 0 Å². The third-order valence-corrected chi connectivity index (χ3v) is 2.63. The lowest BCUT2D eigenvalue weighted by molar-refractivity contribution is -0.385. The average molecular weight is 252 g/mol. The summed E-state index contributed by atoms with van der Waals surface area (Å²) < 4.78 is 0. The smallest absolute Gasteiger partial charge is 0.269 e. The van der Waals surface area contributed by atoms with Crippen molar-refractivity contribution in [3.8, 4) is 0 Å². The molecule has 0 spiro atoms. The Balaban J connectivity index is 2.69. The van der Waals surface area contributed by atoms with Gasteiger partial charge in [-0.25, -0.2) is 0 Å². The van der Waals surface area contributed by atoms with E-state index >= 15 is 0 Å². The third-order valence-electron chi connectivity index (χ3n) is 2.63. The first kappa shape index (κ1) is 14.6. The minimum absolute atomic E-state index is 0.0121. The van der Waals surface area contributed by atoms with Crippen LogP contribution in [0.15, 0.2) is 24.3 Å². The molecule has 1 aromatic carbocycles. The van der Waals surface area contributed by atoms with E-state index in [4.69, 9.17) is 0 Å². The zero-order chi connectivity index (χ0) is 13.7. The van der Waals surface area contributed by atoms with Crippen LogP contribution in [0.2, 0.25) is 0 Å². The Labute approximate surface area is 107 Å². The molecule has 5 heteroatoms. The van der Waals surface area contributed by atoms with Gasteiger partial charge in [0.2, 0.25) is 0 Å². The first-order valence-electron chi connectivity index (χ1n) is 6.01. The summed E-state index contributed by atoms with van der Waals surface area (Å²) in [5.74, 6) is 0.521. The number of likely N-dealkylation sites (N-methyl/N-ethyl adjacent to an activating group) is 1. The molecule has 0 fully saturated rings. The molecule has 0 aliphatic heterocycles. The fourth-order valence-electron chi connectivity index (χ4n) is 1.94. The Kier molecular flexibility index (Phi) is 5.25. The molecule has 0 aliphatic carbocycles. The number of hydrogen-bond donors (Lipinski definition) is 1. The third kappa shape index (κ3) is 4.43. The second-order valence-electron chi connectivity index (χ2n) is 4.98. The van der Waals surface area contributed by atoms with Crippen molar-refractivity contribution < 1.29 is 10.0 Å². The maximum Gasteiger partial charge on any atom is 0.269 e. The summed E-state index contributed by atoms with van der Waals surface area (Å²) in [6.45, 7) is 5.57. The molecule has 0 heterocycles. The first-order valence-corrected chi connectivity index (χ1v) is 6.01. The highest BCUT2D eigenvalue weighted by atomic mass is 16.6. The highest BCUT2D eigenvalue weighted by Crippen LogP contribution is 2.19. The van der Waals surface area contributed by atoms with Gasteiger partial charge in [0.25, 0.3) is 5.69 Å². The molecule has 0 radical (unpaired) electrons. The van der Waals surface area contributed by atoms with Crippen LogP contribution in [-0.2, 0) is 0 Å². The van der Waals surface area contributed by atoms with Gasteiger partial charge in [0.15, 0.2) is 0 Å². The maximum absolute atomic E-state index is 10.7. The van der Waals surface area contributed by atoms with Gasteiger partial charge in [-0.15, -0.1) is 0 Å². The van der Waals surface area contributed by atoms with Crippen molar-refractivity contribution in [1.29, 1.82) is 0 Å². The lowest BCUT2D eigenvalue weighted by Gasteiger charge is -2.22. The van der Waals surface area contributed by atoms with E-state index in [-0.39, 0.29) is 5.69 Å². The van der Waals surface area contributed by atoms with Crippen LogP contribution < -0.4 is 0 Å². The normalized spacial score (nSPS) is 13.0. The van der Waals surface area contributed by atoms with Crippen LogP contribution in [0.5, 0.6) is 0 Å². The van der Waals surface area contributed by atoms with Crippen molar-refractivity contribution >= 4 is 5.69 Å². The zero-order valence-corrected chi connectivity index (χ0v) is 11.0. The van der Waals surface area contributed by atoms with E-state index in [9.17, 15) is 15.2 Å². The second kappa shape index (κ2) is 6.47. The van der Waals surface area contributed by atoms with Crippen molar-refractivity contribution in [1.82, 2.24) is 4.90 Å². The summed E-state index contributed by atoms with van der Waals surface area (Å²) in [5.41, 5.74) is 0.595. The molecule has 0 amide bonds. The summed E-state index contributed by atoms with van der Waals surface area (Å²) in [5, 5.41) is 20.7. The molecule has 0 aliphatic rings. The Morgan fingerprint density at radius 3 is 2.61 bits per heavy atom. The molecule has 1 rings (SSSR count). The van der Waals surface area contributed by atoms with E-state index in [2.05, 4.69) is 13.8 Å². The van der Waals surface area contributed by atoms with Crippen LogP contribution in [0.1, 0.15) is 25.5 Å². The van der Waals surface area contributed by atoms with Gasteiger partial charge < -0.3 is 10.0 Å². The van der Waals surface area contributed by atoms with Gasteiger partial charge in [0.05, 0.1) is 11.0 Å². The lowest BCUT2D eigenvalue weighted by atomic mass is 10.1. The van der Waals surface area contributed by atoms with Gasteiger partial charge in [-0.3, -0.25) is 10.1 Å². The number of rotatable bonds is 6. The Morgan fingerprint density at radius 1 is 1.39 bits per heavy atom. The Bertz CT molecular complexity index is 407. The van der Waals surface area contributed by atoms with Crippen molar-refractivity contribution in [2.24, 2.45) is 5.92 Å². The summed E-state index contributed by atoms with van der Waals surface area (Å²) in [6, 6.07) is 6.15. The van der Waals surface area contributed by atoms with Gasteiger partial charge in [-0.05, 0) is 18.5 Å². The zero-order valence-electron chi connectivity index (χ0n) is 11.0. The first-order chi connectivity index (χ1) is 8.40. The number of non-ortho nitro benzene ring substituents is 1. The fraction of sp³-hybridized carbons (Fsp3) is 0.538. The molecule has 0 saturated heterocycles. The predicted octanol–water partition coefficient (Wildman–Crippen LogP) is 2.22. The SMILES string of the molecule is CC(C)CN(C)CC(O)c1cccc([N+](=O)[O-])c1. The molecule has 0 aromatic heterocycles. The largest absolute Gasteiger partial charge is 0.387 e. The molecule has 1 unspecified atom stereocenters. The van der Waals surface area contributed by atoms with Gasteiger partial charge in [-0.2, -0.15) is 0 Å². The van der Waals surface area contributed by atoms with E-state index < -0.39 is 11.0 Å². The predicted molar refractivity (Wildman–Crippen MR) is 70.4 cm³/mol. The number of aliphatic hydroxyl groups excluding tert-OH is 1. The molecule has 1 atom stereocenters. The molecule has 0 bridgehead atoms. The van der Waals surface area contributed by atoms with E-state index in [1.807, 2.05) is 11.9 Å². The van der Waals surface area contributed by atoms with Crippen LogP contribution in [0.3, 0.4) is 0 Å². The number of nitro benzene ring substituents is 1. The fourth-order valence-corrected chi connectivity index (χ4v) is 1.94. The van der Waals surface area contributed by atoms with Crippen molar-refractivity contribution in [3.63, 3.8) is 0 Å². The van der Waals surface area contributed by atoms with Gasteiger partial charge in [0.1, 0.15) is 0 Å². The number of hydrogen-bond acceptors (Lipinski definition) is 4. The average Bonchev–Trinajstić information content (AvgIpc) is 2.27. The quantitative estimate of drug-likeness (QED) is 0.622. The summed E-state index contributed by atoms with van der Waals surface area (Å²) in [7, 11) is 1.93. The van der Waals surface area contributed by atoms with Crippen molar-refractivity contribution in [2.75, 3.05) is 20.1 Å². The van der Waals surface area contributed by atoms with Crippen LogP contribution in [0.25, 0.3) is 0 Å². The number of nitrogens with zero attached hydrogens (tertiary/aromatic N) is 2. The topological polar surface area (TPSA) is 66.6 Å². The highest BCUT2D eigenvalue weighted by molar-refractivity contribution is 5.35. The number of aliphatic hydroxyl groups is 1. The van der Waals surface area contributed by atoms with Crippen molar-refractivity contribution in [3.05, 3.63) is 39.9 Å². The minimum Gasteiger partial charge on any atom is -0.387 e. The summed E-state index contributed by atoms with van der Waals surface area (Å²) >= 11 is 0.